The van der Waals surface area contributed by atoms with Gasteiger partial charge in [0.1, 0.15) is 4.99 Å². The molecule has 1 aromatic rings. The predicted octanol–water partition coefficient (Wildman–Crippen LogP) is 2.44. The van der Waals surface area contributed by atoms with Crippen molar-refractivity contribution in [1.82, 2.24) is 4.90 Å². The van der Waals surface area contributed by atoms with Crippen molar-refractivity contribution >= 4 is 23.1 Å². The fourth-order valence-corrected chi connectivity index (χ4v) is 2.56. The molecule has 1 amide bonds. The summed E-state index contributed by atoms with van der Waals surface area (Å²) in [5.41, 5.74) is 7.03. The molecule has 3 nitrogen and oxygen atoms in total. The summed E-state index contributed by atoms with van der Waals surface area (Å²) in [5.74, 6) is 1.32. The number of amides is 1. The maximum absolute atomic E-state index is 12.5. The minimum atomic E-state index is 0.0804. The summed E-state index contributed by atoms with van der Waals surface area (Å²) in [6.45, 7) is 6.12. The lowest BCUT2D eigenvalue weighted by Crippen LogP contribution is -2.42. The molecular formula is C15H20N2OS. The predicted molar refractivity (Wildman–Crippen MR) is 81.2 cm³/mol. The summed E-state index contributed by atoms with van der Waals surface area (Å²) in [4.78, 5) is 14.7. The molecule has 1 saturated heterocycles. The minimum absolute atomic E-state index is 0.0804. The number of piperidine rings is 1. The van der Waals surface area contributed by atoms with Crippen molar-refractivity contribution in [2.24, 2.45) is 17.6 Å². The van der Waals surface area contributed by atoms with Gasteiger partial charge in [0.25, 0.3) is 5.91 Å². The van der Waals surface area contributed by atoms with Crippen LogP contribution in [0.2, 0.25) is 0 Å². The molecule has 0 bridgehead atoms. The molecule has 102 valence electrons. The highest BCUT2D eigenvalue weighted by Crippen LogP contribution is 2.23. The van der Waals surface area contributed by atoms with E-state index in [0.717, 1.165) is 25.1 Å². The van der Waals surface area contributed by atoms with E-state index in [4.69, 9.17) is 18.0 Å². The second-order valence-electron chi connectivity index (χ2n) is 5.44. The second-order valence-corrected chi connectivity index (χ2v) is 5.88. The number of carbonyl (C=O) groups is 1. The number of hydrogen-bond acceptors (Lipinski definition) is 2. The Labute approximate surface area is 119 Å². The molecule has 1 heterocycles. The molecule has 0 aromatic heterocycles. The first-order valence-electron chi connectivity index (χ1n) is 6.68. The summed E-state index contributed by atoms with van der Waals surface area (Å²) in [5, 5.41) is 0. The zero-order chi connectivity index (χ0) is 14.0. The largest absolute Gasteiger partial charge is 0.389 e. The molecule has 1 aliphatic heterocycles. The van der Waals surface area contributed by atoms with Crippen LogP contribution in [0, 0.1) is 11.8 Å². The number of thiocarbonyl (C=S) groups is 1. The zero-order valence-electron chi connectivity index (χ0n) is 11.4. The Bertz CT molecular complexity index is 501. The number of hydrogen-bond donors (Lipinski definition) is 1. The van der Waals surface area contributed by atoms with Gasteiger partial charge < -0.3 is 10.6 Å². The van der Waals surface area contributed by atoms with Crippen LogP contribution in [-0.4, -0.2) is 28.9 Å². The molecule has 0 spiro atoms. The topological polar surface area (TPSA) is 46.3 Å². The fraction of sp³-hybridized carbons (Fsp3) is 0.467. The van der Waals surface area contributed by atoms with Crippen molar-refractivity contribution in [2.75, 3.05) is 13.1 Å². The van der Waals surface area contributed by atoms with Crippen LogP contribution in [0.15, 0.2) is 24.3 Å². The van der Waals surface area contributed by atoms with Gasteiger partial charge in [-0.25, -0.2) is 0 Å². The molecular weight excluding hydrogens is 256 g/mol. The van der Waals surface area contributed by atoms with E-state index in [1.54, 1.807) is 6.07 Å². The van der Waals surface area contributed by atoms with Crippen molar-refractivity contribution in [3.05, 3.63) is 35.4 Å². The van der Waals surface area contributed by atoms with Gasteiger partial charge in [-0.2, -0.15) is 0 Å². The van der Waals surface area contributed by atoms with Gasteiger partial charge in [-0.1, -0.05) is 38.2 Å². The van der Waals surface area contributed by atoms with Crippen LogP contribution in [-0.2, 0) is 0 Å². The first-order chi connectivity index (χ1) is 8.99. The number of likely N-dealkylation sites (tertiary alicyclic amines) is 1. The molecule has 2 unspecified atom stereocenters. The second kappa shape index (κ2) is 5.70. The number of benzene rings is 1. The molecule has 0 saturated carbocycles. The third-order valence-electron chi connectivity index (χ3n) is 4.02. The zero-order valence-corrected chi connectivity index (χ0v) is 12.2. The van der Waals surface area contributed by atoms with Gasteiger partial charge in [-0.05, 0) is 30.4 Å². The Morgan fingerprint density at radius 3 is 2.63 bits per heavy atom. The average Bonchev–Trinajstić information content (AvgIpc) is 2.41. The number of rotatable bonds is 2. The average molecular weight is 276 g/mol. The summed E-state index contributed by atoms with van der Waals surface area (Å²) in [7, 11) is 0. The van der Waals surface area contributed by atoms with Crippen LogP contribution in [0.3, 0.4) is 0 Å². The Morgan fingerprint density at radius 2 is 2.00 bits per heavy atom. The Morgan fingerprint density at radius 1 is 1.32 bits per heavy atom. The van der Waals surface area contributed by atoms with Gasteiger partial charge in [0.05, 0.1) is 0 Å². The quantitative estimate of drug-likeness (QED) is 0.844. The van der Waals surface area contributed by atoms with E-state index in [2.05, 4.69) is 13.8 Å². The molecule has 4 heteroatoms. The number of nitrogens with zero attached hydrogens (tertiary/aromatic N) is 1. The molecule has 1 aromatic carbocycles. The van der Waals surface area contributed by atoms with Crippen LogP contribution in [0.1, 0.15) is 36.2 Å². The number of carbonyl (C=O) groups excluding carboxylic acids is 1. The van der Waals surface area contributed by atoms with Gasteiger partial charge >= 0.3 is 0 Å². The summed E-state index contributed by atoms with van der Waals surface area (Å²) < 4.78 is 0. The lowest BCUT2D eigenvalue weighted by molar-refractivity contribution is 0.0627. The monoisotopic (exact) mass is 276 g/mol. The molecule has 2 rings (SSSR count). The third-order valence-corrected chi connectivity index (χ3v) is 4.25. The molecule has 1 aliphatic rings. The van der Waals surface area contributed by atoms with Crippen LogP contribution in [0.4, 0.5) is 0 Å². The molecule has 2 N–H and O–H groups in total. The summed E-state index contributed by atoms with van der Waals surface area (Å²) in [6.07, 6.45) is 1.07. The van der Waals surface area contributed by atoms with Crippen LogP contribution >= 0.6 is 12.2 Å². The van der Waals surface area contributed by atoms with E-state index in [9.17, 15) is 4.79 Å². The van der Waals surface area contributed by atoms with E-state index in [0.29, 0.717) is 22.4 Å². The highest BCUT2D eigenvalue weighted by Gasteiger charge is 2.26. The van der Waals surface area contributed by atoms with E-state index in [1.807, 2.05) is 23.1 Å². The van der Waals surface area contributed by atoms with E-state index in [1.165, 1.54) is 0 Å². The Hall–Kier alpha value is -1.42. The van der Waals surface area contributed by atoms with Gasteiger partial charge in [0.2, 0.25) is 0 Å². The maximum Gasteiger partial charge on any atom is 0.253 e. The lowest BCUT2D eigenvalue weighted by Gasteiger charge is -2.35. The molecule has 1 fully saturated rings. The first kappa shape index (κ1) is 14.0. The van der Waals surface area contributed by atoms with Crippen LogP contribution in [0.5, 0.6) is 0 Å². The Kier molecular flexibility index (Phi) is 4.20. The van der Waals surface area contributed by atoms with Crippen LogP contribution < -0.4 is 5.73 Å². The van der Waals surface area contributed by atoms with Crippen molar-refractivity contribution in [2.45, 2.75) is 20.3 Å². The normalized spacial score (nSPS) is 23.2. The van der Waals surface area contributed by atoms with Crippen molar-refractivity contribution in [3.8, 4) is 0 Å². The third kappa shape index (κ3) is 3.13. The SMILES string of the molecule is CC1CCN(C(=O)c2cccc(C(N)=S)c2)CC1C. The van der Waals surface area contributed by atoms with E-state index < -0.39 is 0 Å². The fourth-order valence-electron chi connectivity index (χ4n) is 2.44. The number of nitrogens with two attached hydrogens (primary N) is 1. The van der Waals surface area contributed by atoms with Crippen molar-refractivity contribution in [3.63, 3.8) is 0 Å². The minimum Gasteiger partial charge on any atom is -0.389 e. The first-order valence-corrected chi connectivity index (χ1v) is 7.09. The molecule has 0 radical (unpaired) electrons. The van der Waals surface area contributed by atoms with Gasteiger partial charge in [-0.15, -0.1) is 0 Å². The van der Waals surface area contributed by atoms with Gasteiger partial charge in [0.15, 0.2) is 0 Å². The molecule has 19 heavy (non-hydrogen) atoms. The lowest BCUT2D eigenvalue weighted by atomic mass is 9.88. The van der Waals surface area contributed by atoms with Crippen molar-refractivity contribution < 1.29 is 4.79 Å². The summed E-state index contributed by atoms with van der Waals surface area (Å²) in [6, 6.07) is 7.28. The molecule has 0 aliphatic carbocycles. The van der Waals surface area contributed by atoms with Crippen LogP contribution in [0.25, 0.3) is 0 Å². The van der Waals surface area contributed by atoms with E-state index >= 15 is 0 Å². The van der Waals surface area contributed by atoms with Gasteiger partial charge in [-0.3, -0.25) is 4.79 Å². The standard InChI is InChI=1S/C15H20N2OS/c1-10-6-7-17(9-11(10)2)15(18)13-5-3-4-12(8-13)14(16)19/h3-5,8,10-11H,6-7,9H2,1-2H3,(H2,16,19). The Balaban J connectivity index is 2.16. The highest BCUT2D eigenvalue weighted by atomic mass is 32.1. The maximum atomic E-state index is 12.5. The van der Waals surface area contributed by atoms with Crippen molar-refractivity contribution in [1.29, 1.82) is 0 Å². The molecule has 2 atom stereocenters. The summed E-state index contributed by atoms with van der Waals surface area (Å²) >= 11 is 4.95. The van der Waals surface area contributed by atoms with Gasteiger partial charge in [0, 0.05) is 24.2 Å². The van der Waals surface area contributed by atoms with E-state index in [-0.39, 0.29) is 5.91 Å². The highest BCUT2D eigenvalue weighted by molar-refractivity contribution is 7.80. The smallest absolute Gasteiger partial charge is 0.253 e.